The van der Waals surface area contributed by atoms with Crippen LogP contribution < -0.4 is 10.1 Å². The van der Waals surface area contributed by atoms with E-state index in [0.29, 0.717) is 32.0 Å². The van der Waals surface area contributed by atoms with E-state index in [9.17, 15) is 4.79 Å². The fourth-order valence-electron chi connectivity index (χ4n) is 3.62. The van der Waals surface area contributed by atoms with Gasteiger partial charge in [0.25, 0.3) is 0 Å². The molecule has 0 bridgehead atoms. The average Bonchev–Trinajstić information content (AvgIpc) is 2.73. The van der Waals surface area contributed by atoms with E-state index in [-0.39, 0.29) is 5.91 Å². The Balaban J connectivity index is 1.33. The Kier molecular flexibility index (Phi) is 7.92. The quantitative estimate of drug-likeness (QED) is 0.650. The molecule has 1 aliphatic heterocycles. The summed E-state index contributed by atoms with van der Waals surface area (Å²) >= 11 is 0. The Morgan fingerprint density at radius 3 is 2.57 bits per heavy atom. The minimum Gasteiger partial charge on any atom is -0.494 e. The first-order chi connectivity index (χ1) is 13.7. The molecular formula is C24H32N2O2. The van der Waals surface area contributed by atoms with Crippen LogP contribution in [0.1, 0.15) is 50.2 Å². The number of likely N-dealkylation sites (tertiary alicyclic amines) is 1. The van der Waals surface area contributed by atoms with E-state index in [2.05, 4.69) is 41.4 Å². The molecule has 150 valence electrons. The third kappa shape index (κ3) is 6.68. The van der Waals surface area contributed by atoms with E-state index in [0.717, 1.165) is 17.9 Å². The predicted octanol–water partition coefficient (Wildman–Crippen LogP) is 4.54. The fourth-order valence-corrected chi connectivity index (χ4v) is 3.62. The second-order valence-electron chi connectivity index (χ2n) is 7.67. The maximum atomic E-state index is 12.0. The normalized spacial score (nSPS) is 17.2. The molecule has 1 heterocycles. The number of piperidine rings is 1. The van der Waals surface area contributed by atoms with Crippen molar-refractivity contribution in [1.82, 2.24) is 10.2 Å². The zero-order valence-electron chi connectivity index (χ0n) is 16.9. The zero-order valence-corrected chi connectivity index (χ0v) is 16.9. The van der Waals surface area contributed by atoms with Crippen molar-refractivity contribution >= 4 is 5.91 Å². The van der Waals surface area contributed by atoms with Gasteiger partial charge >= 0.3 is 0 Å². The van der Waals surface area contributed by atoms with E-state index in [1.54, 1.807) is 0 Å². The minimum atomic E-state index is 0.0721. The van der Waals surface area contributed by atoms with Gasteiger partial charge in [-0.3, -0.25) is 9.69 Å². The van der Waals surface area contributed by atoms with Crippen molar-refractivity contribution in [3.8, 4) is 5.75 Å². The van der Waals surface area contributed by atoms with Crippen molar-refractivity contribution in [2.24, 2.45) is 0 Å². The van der Waals surface area contributed by atoms with Crippen LogP contribution in [0.15, 0.2) is 54.6 Å². The molecule has 2 aromatic rings. The van der Waals surface area contributed by atoms with Gasteiger partial charge in [0, 0.05) is 25.6 Å². The predicted molar refractivity (Wildman–Crippen MR) is 113 cm³/mol. The molecule has 1 fully saturated rings. The number of carbonyl (C=O) groups excluding carboxylic acids is 1. The largest absolute Gasteiger partial charge is 0.494 e. The smallest absolute Gasteiger partial charge is 0.220 e. The van der Waals surface area contributed by atoms with Gasteiger partial charge in [-0.2, -0.15) is 0 Å². The number of amides is 1. The number of benzene rings is 2. The molecule has 0 aromatic heterocycles. The molecule has 4 heteroatoms. The number of nitrogens with one attached hydrogen (secondary N) is 1. The van der Waals surface area contributed by atoms with Gasteiger partial charge in [0.15, 0.2) is 0 Å². The summed E-state index contributed by atoms with van der Waals surface area (Å²) in [5.74, 6) is 0.921. The Hall–Kier alpha value is -2.33. The lowest BCUT2D eigenvalue weighted by Gasteiger charge is -2.33. The van der Waals surface area contributed by atoms with Gasteiger partial charge in [-0.05, 0) is 56.0 Å². The molecule has 1 atom stereocenters. The monoisotopic (exact) mass is 380 g/mol. The van der Waals surface area contributed by atoms with E-state index < -0.39 is 0 Å². The molecule has 0 aliphatic carbocycles. The highest BCUT2D eigenvalue weighted by atomic mass is 16.5. The molecule has 1 aliphatic rings. The molecule has 28 heavy (non-hydrogen) atoms. The number of nitrogens with zero attached hydrogens (tertiary/aromatic N) is 1. The molecule has 1 saturated heterocycles. The highest BCUT2D eigenvalue weighted by molar-refractivity contribution is 5.75. The fraction of sp³-hybridized carbons (Fsp3) is 0.458. The van der Waals surface area contributed by atoms with Crippen LogP contribution in [0, 0.1) is 0 Å². The summed E-state index contributed by atoms with van der Waals surface area (Å²) in [7, 11) is 0. The summed E-state index contributed by atoms with van der Waals surface area (Å²) in [6, 6.07) is 19.0. The summed E-state index contributed by atoms with van der Waals surface area (Å²) in [4.78, 5) is 14.6. The Morgan fingerprint density at radius 1 is 1.07 bits per heavy atom. The van der Waals surface area contributed by atoms with Crippen LogP contribution in [0.2, 0.25) is 0 Å². The second kappa shape index (κ2) is 10.9. The molecule has 4 nitrogen and oxygen atoms in total. The minimum absolute atomic E-state index is 0.0721. The van der Waals surface area contributed by atoms with E-state index in [4.69, 9.17) is 4.74 Å². The zero-order chi connectivity index (χ0) is 19.6. The van der Waals surface area contributed by atoms with Crippen LogP contribution in [0.3, 0.4) is 0 Å². The molecule has 1 N–H and O–H groups in total. The van der Waals surface area contributed by atoms with Crippen molar-refractivity contribution in [1.29, 1.82) is 0 Å². The van der Waals surface area contributed by atoms with Crippen LogP contribution in [0.25, 0.3) is 0 Å². The molecule has 1 amide bonds. The Morgan fingerprint density at radius 2 is 1.82 bits per heavy atom. The molecular weight excluding hydrogens is 348 g/mol. The lowest BCUT2D eigenvalue weighted by Crippen LogP contribution is -2.36. The first-order valence-corrected chi connectivity index (χ1v) is 10.5. The molecule has 2 aromatic carbocycles. The molecule has 3 rings (SSSR count). The van der Waals surface area contributed by atoms with Crippen molar-refractivity contribution in [2.75, 3.05) is 13.2 Å². The summed E-state index contributed by atoms with van der Waals surface area (Å²) in [5, 5.41) is 3.00. The maximum absolute atomic E-state index is 12.0. The number of para-hydroxylation sites is 1. The summed E-state index contributed by atoms with van der Waals surface area (Å²) in [6.45, 7) is 5.69. The van der Waals surface area contributed by atoms with Gasteiger partial charge in [-0.25, -0.2) is 0 Å². The molecule has 0 saturated carbocycles. The van der Waals surface area contributed by atoms with Gasteiger partial charge in [0.2, 0.25) is 5.91 Å². The standard InChI is InChI=1S/C24H32N2O2/c1-20-8-5-6-16-26(20)19-22-14-12-21(13-15-22)18-25-24(27)11-7-17-28-23-9-3-2-4-10-23/h2-4,9-10,12-15,20H,5-8,11,16-19H2,1H3,(H,25,27). The Labute approximate surface area is 168 Å². The van der Waals surface area contributed by atoms with E-state index >= 15 is 0 Å². The third-order valence-electron chi connectivity index (χ3n) is 5.40. The summed E-state index contributed by atoms with van der Waals surface area (Å²) in [6.07, 6.45) is 5.17. The van der Waals surface area contributed by atoms with E-state index in [1.807, 2.05) is 30.3 Å². The number of hydrogen-bond acceptors (Lipinski definition) is 3. The molecule has 0 radical (unpaired) electrons. The van der Waals surface area contributed by atoms with Crippen molar-refractivity contribution in [3.63, 3.8) is 0 Å². The highest BCUT2D eigenvalue weighted by Gasteiger charge is 2.17. The average molecular weight is 381 g/mol. The Bertz CT molecular complexity index is 715. The van der Waals surface area contributed by atoms with Crippen LogP contribution in [-0.4, -0.2) is 30.0 Å². The first kappa shape index (κ1) is 20.4. The van der Waals surface area contributed by atoms with Crippen LogP contribution in [0.5, 0.6) is 5.75 Å². The van der Waals surface area contributed by atoms with Gasteiger partial charge in [0.05, 0.1) is 6.61 Å². The SMILES string of the molecule is CC1CCCCN1Cc1ccc(CNC(=O)CCCOc2ccccc2)cc1. The van der Waals surface area contributed by atoms with Gasteiger partial charge in [-0.15, -0.1) is 0 Å². The van der Waals surface area contributed by atoms with Crippen molar-refractivity contribution < 1.29 is 9.53 Å². The van der Waals surface area contributed by atoms with Gasteiger partial charge < -0.3 is 10.1 Å². The lowest BCUT2D eigenvalue weighted by atomic mass is 10.0. The number of ether oxygens (including phenoxy) is 1. The van der Waals surface area contributed by atoms with Crippen LogP contribution in [-0.2, 0) is 17.9 Å². The second-order valence-corrected chi connectivity index (χ2v) is 7.67. The van der Waals surface area contributed by atoms with Crippen molar-refractivity contribution in [2.45, 2.75) is 58.2 Å². The summed E-state index contributed by atoms with van der Waals surface area (Å²) in [5.41, 5.74) is 2.49. The van der Waals surface area contributed by atoms with Gasteiger partial charge in [0.1, 0.15) is 5.75 Å². The number of carbonyl (C=O) groups is 1. The summed E-state index contributed by atoms with van der Waals surface area (Å²) < 4.78 is 5.62. The van der Waals surface area contributed by atoms with Gasteiger partial charge in [-0.1, -0.05) is 48.9 Å². The van der Waals surface area contributed by atoms with E-state index in [1.165, 1.54) is 31.4 Å². The van der Waals surface area contributed by atoms with Crippen LogP contribution >= 0.6 is 0 Å². The van der Waals surface area contributed by atoms with Crippen LogP contribution in [0.4, 0.5) is 0 Å². The topological polar surface area (TPSA) is 41.6 Å². The number of rotatable bonds is 9. The molecule has 1 unspecified atom stereocenters. The molecule has 0 spiro atoms. The number of hydrogen-bond donors (Lipinski definition) is 1. The lowest BCUT2D eigenvalue weighted by molar-refractivity contribution is -0.121. The third-order valence-corrected chi connectivity index (χ3v) is 5.40. The first-order valence-electron chi connectivity index (χ1n) is 10.5. The highest BCUT2D eigenvalue weighted by Crippen LogP contribution is 2.19. The van der Waals surface area contributed by atoms with Crippen molar-refractivity contribution in [3.05, 3.63) is 65.7 Å². The maximum Gasteiger partial charge on any atom is 0.220 e.